The van der Waals surface area contributed by atoms with Crippen LogP contribution in [0.1, 0.15) is 38.2 Å². The third-order valence-electron chi connectivity index (χ3n) is 4.18. The fraction of sp³-hybridized carbons (Fsp3) is 0.556. The summed E-state index contributed by atoms with van der Waals surface area (Å²) in [5.74, 6) is 7.34. The molecule has 1 saturated carbocycles. The average Bonchev–Trinajstić information content (AvgIpc) is 2.54. The standard InChI is InChI=1S/C18H27N3O4/c1-4-24-18(22)9-8-15(21(2)19)14-11-20-17(10-16(14)23-3)25-12-13-6-5-7-13/h8,10-11,13H,4-7,9,12,19H2,1-3H3/b15-8-. The first kappa shape index (κ1) is 19.1. The van der Waals surface area contributed by atoms with Crippen molar-refractivity contribution >= 4 is 11.7 Å². The summed E-state index contributed by atoms with van der Waals surface area (Å²) in [6.07, 6.45) is 7.18. The lowest BCUT2D eigenvalue weighted by atomic mass is 9.86. The molecule has 2 N–H and O–H groups in total. The Morgan fingerprint density at radius 2 is 2.24 bits per heavy atom. The Morgan fingerprint density at radius 3 is 2.80 bits per heavy atom. The summed E-state index contributed by atoms with van der Waals surface area (Å²) in [5, 5.41) is 1.42. The number of nitrogens with two attached hydrogens (primary N) is 1. The average molecular weight is 349 g/mol. The number of carbonyl (C=O) groups excluding carboxylic acids is 1. The van der Waals surface area contributed by atoms with Gasteiger partial charge in [0.2, 0.25) is 5.88 Å². The molecule has 138 valence electrons. The van der Waals surface area contributed by atoms with Gasteiger partial charge in [0.1, 0.15) is 5.75 Å². The second kappa shape index (κ2) is 9.27. The molecule has 1 heterocycles. The molecule has 1 aliphatic carbocycles. The van der Waals surface area contributed by atoms with Gasteiger partial charge in [-0.1, -0.05) is 6.42 Å². The van der Waals surface area contributed by atoms with Gasteiger partial charge in [-0.15, -0.1) is 0 Å². The van der Waals surface area contributed by atoms with E-state index in [9.17, 15) is 4.79 Å². The van der Waals surface area contributed by atoms with Crippen LogP contribution in [0.2, 0.25) is 0 Å². The van der Waals surface area contributed by atoms with E-state index < -0.39 is 0 Å². The number of hydrogen-bond acceptors (Lipinski definition) is 7. The van der Waals surface area contributed by atoms with Gasteiger partial charge in [0.25, 0.3) is 0 Å². The second-order valence-corrected chi connectivity index (χ2v) is 6.04. The number of aromatic nitrogens is 1. The Hall–Kier alpha value is -2.28. The van der Waals surface area contributed by atoms with Crippen molar-refractivity contribution in [3.8, 4) is 11.6 Å². The van der Waals surface area contributed by atoms with Crippen LogP contribution >= 0.6 is 0 Å². The predicted octanol–water partition coefficient (Wildman–Crippen LogP) is 2.37. The highest BCUT2D eigenvalue weighted by molar-refractivity contribution is 5.76. The molecule has 1 aromatic heterocycles. The summed E-state index contributed by atoms with van der Waals surface area (Å²) in [6.45, 7) is 2.79. The molecule has 0 saturated heterocycles. The highest BCUT2D eigenvalue weighted by Gasteiger charge is 2.19. The van der Waals surface area contributed by atoms with Crippen LogP contribution in [0.4, 0.5) is 0 Å². The minimum Gasteiger partial charge on any atom is -0.496 e. The summed E-state index contributed by atoms with van der Waals surface area (Å²) in [7, 11) is 3.27. The van der Waals surface area contributed by atoms with Crippen molar-refractivity contribution in [3.63, 3.8) is 0 Å². The molecule has 7 heteroatoms. The molecule has 1 fully saturated rings. The highest BCUT2D eigenvalue weighted by Crippen LogP contribution is 2.31. The van der Waals surface area contributed by atoms with E-state index in [1.54, 1.807) is 39.4 Å². The second-order valence-electron chi connectivity index (χ2n) is 6.04. The van der Waals surface area contributed by atoms with Gasteiger partial charge in [-0.2, -0.15) is 0 Å². The molecule has 7 nitrogen and oxygen atoms in total. The van der Waals surface area contributed by atoms with Gasteiger partial charge in [0.05, 0.1) is 38.0 Å². The monoisotopic (exact) mass is 349 g/mol. The van der Waals surface area contributed by atoms with Crippen LogP contribution in [0.5, 0.6) is 11.6 Å². The van der Waals surface area contributed by atoms with Crippen molar-refractivity contribution in [1.29, 1.82) is 0 Å². The molecule has 0 aromatic carbocycles. The van der Waals surface area contributed by atoms with Crippen molar-refractivity contribution in [1.82, 2.24) is 9.99 Å². The summed E-state index contributed by atoms with van der Waals surface area (Å²) in [5.41, 5.74) is 1.32. The smallest absolute Gasteiger partial charge is 0.309 e. The van der Waals surface area contributed by atoms with E-state index in [-0.39, 0.29) is 12.4 Å². The van der Waals surface area contributed by atoms with Crippen LogP contribution in [-0.2, 0) is 9.53 Å². The quantitative estimate of drug-likeness (QED) is 0.416. The maximum atomic E-state index is 11.6. The van der Waals surface area contributed by atoms with Gasteiger partial charge in [0.15, 0.2) is 0 Å². The van der Waals surface area contributed by atoms with Crippen LogP contribution in [0.15, 0.2) is 18.3 Å². The number of esters is 1. The van der Waals surface area contributed by atoms with E-state index in [0.29, 0.717) is 42.0 Å². The minimum absolute atomic E-state index is 0.119. The lowest BCUT2D eigenvalue weighted by Crippen LogP contribution is -2.25. The molecule has 1 aromatic rings. The Labute approximate surface area is 148 Å². The van der Waals surface area contributed by atoms with E-state index in [2.05, 4.69) is 4.98 Å². The van der Waals surface area contributed by atoms with Crippen molar-refractivity contribution in [3.05, 3.63) is 23.9 Å². The van der Waals surface area contributed by atoms with Gasteiger partial charge in [-0.3, -0.25) is 4.79 Å². The molecular weight excluding hydrogens is 322 g/mol. The molecule has 25 heavy (non-hydrogen) atoms. The van der Waals surface area contributed by atoms with Crippen LogP contribution in [-0.4, -0.2) is 43.3 Å². The number of pyridine rings is 1. The molecule has 0 atom stereocenters. The topological polar surface area (TPSA) is 86.9 Å². The lowest BCUT2D eigenvalue weighted by Gasteiger charge is -2.25. The van der Waals surface area contributed by atoms with E-state index in [4.69, 9.17) is 20.1 Å². The van der Waals surface area contributed by atoms with Crippen molar-refractivity contribution < 1.29 is 19.0 Å². The van der Waals surface area contributed by atoms with Gasteiger partial charge in [-0.25, -0.2) is 10.8 Å². The Kier molecular flexibility index (Phi) is 7.06. The van der Waals surface area contributed by atoms with E-state index in [1.165, 1.54) is 24.3 Å². The number of carbonyl (C=O) groups is 1. The fourth-order valence-corrected chi connectivity index (χ4v) is 2.57. The number of methoxy groups -OCH3 is 1. The summed E-state index contributed by atoms with van der Waals surface area (Å²) >= 11 is 0. The maximum Gasteiger partial charge on any atom is 0.309 e. The summed E-state index contributed by atoms with van der Waals surface area (Å²) < 4.78 is 16.2. The molecule has 0 bridgehead atoms. The van der Waals surface area contributed by atoms with Crippen molar-refractivity contribution in [2.75, 3.05) is 27.4 Å². The van der Waals surface area contributed by atoms with Crippen LogP contribution in [0.25, 0.3) is 5.70 Å². The Morgan fingerprint density at radius 1 is 1.48 bits per heavy atom. The minimum atomic E-state index is -0.311. The van der Waals surface area contributed by atoms with Crippen molar-refractivity contribution in [2.45, 2.75) is 32.6 Å². The molecule has 0 aliphatic heterocycles. The Balaban J connectivity index is 2.15. The zero-order valence-electron chi connectivity index (χ0n) is 15.2. The Bertz CT molecular complexity index is 612. The normalized spacial score (nSPS) is 14.6. The number of rotatable bonds is 9. The number of nitrogens with zero attached hydrogens (tertiary/aromatic N) is 2. The third-order valence-corrected chi connectivity index (χ3v) is 4.18. The summed E-state index contributed by atoms with van der Waals surface area (Å²) in [6, 6.07) is 1.75. The third kappa shape index (κ3) is 5.35. The molecule has 0 amide bonds. The molecular formula is C18H27N3O4. The number of hydrogen-bond donors (Lipinski definition) is 1. The molecule has 1 aliphatic rings. The first-order chi connectivity index (χ1) is 12.0. The first-order valence-electron chi connectivity index (χ1n) is 8.56. The molecule has 0 radical (unpaired) electrons. The number of hydrazine groups is 1. The molecule has 2 rings (SSSR count). The molecule has 0 unspecified atom stereocenters. The van der Waals surface area contributed by atoms with Crippen molar-refractivity contribution in [2.24, 2.45) is 11.8 Å². The van der Waals surface area contributed by atoms with Gasteiger partial charge in [0, 0.05) is 19.3 Å². The van der Waals surface area contributed by atoms with Gasteiger partial charge < -0.3 is 19.2 Å². The predicted molar refractivity (Wildman–Crippen MR) is 94.8 cm³/mol. The number of ether oxygens (including phenoxy) is 3. The summed E-state index contributed by atoms with van der Waals surface area (Å²) in [4.78, 5) is 15.9. The van der Waals surface area contributed by atoms with E-state index in [0.717, 1.165) is 0 Å². The van der Waals surface area contributed by atoms with E-state index in [1.807, 2.05) is 0 Å². The van der Waals surface area contributed by atoms with Crippen LogP contribution in [0, 0.1) is 5.92 Å². The largest absolute Gasteiger partial charge is 0.496 e. The zero-order valence-corrected chi connectivity index (χ0v) is 15.2. The fourth-order valence-electron chi connectivity index (χ4n) is 2.57. The molecule has 0 spiro atoms. The van der Waals surface area contributed by atoms with Gasteiger partial charge >= 0.3 is 5.97 Å². The van der Waals surface area contributed by atoms with Crippen LogP contribution in [0.3, 0.4) is 0 Å². The van der Waals surface area contributed by atoms with E-state index >= 15 is 0 Å². The maximum absolute atomic E-state index is 11.6. The SMILES string of the molecule is CCOC(=O)C/C=C(/c1cnc(OCC2CCC2)cc1OC)N(C)N. The zero-order chi connectivity index (χ0) is 18.2. The first-order valence-corrected chi connectivity index (χ1v) is 8.56. The highest BCUT2D eigenvalue weighted by atomic mass is 16.5. The van der Waals surface area contributed by atoms with Crippen LogP contribution < -0.4 is 15.3 Å². The lowest BCUT2D eigenvalue weighted by molar-refractivity contribution is -0.142. The van der Waals surface area contributed by atoms with Gasteiger partial charge in [-0.05, 0) is 31.8 Å².